The van der Waals surface area contributed by atoms with Crippen molar-refractivity contribution in [1.29, 1.82) is 5.26 Å². The summed E-state index contributed by atoms with van der Waals surface area (Å²) in [5.74, 6) is 0.779. The number of nitrogens with zero attached hydrogens (tertiary/aromatic N) is 2. The first kappa shape index (κ1) is 14.9. The molecule has 0 aromatic heterocycles. The second-order valence-electron chi connectivity index (χ2n) is 5.46. The van der Waals surface area contributed by atoms with Crippen LogP contribution in [0.3, 0.4) is 0 Å². The number of methoxy groups -OCH3 is 1. The summed E-state index contributed by atoms with van der Waals surface area (Å²) in [6, 6.07) is 16.3. The topological polar surface area (TPSA) is 36.3 Å². The molecular weight excluding hydrogens is 296 g/mol. The van der Waals surface area contributed by atoms with E-state index in [0.29, 0.717) is 11.6 Å². The van der Waals surface area contributed by atoms with Gasteiger partial charge >= 0.3 is 0 Å². The zero-order chi connectivity index (χ0) is 15.5. The molecule has 1 aliphatic rings. The van der Waals surface area contributed by atoms with Crippen molar-refractivity contribution in [2.75, 3.05) is 13.7 Å². The normalized spacial score (nSPS) is 17.6. The van der Waals surface area contributed by atoms with Gasteiger partial charge in [0.25, 0.3) is 0 Å². The van der Waals surface area contributed by atoms with E-state index in [4.69, 9.17) is 21.6 Å². The highest BCUT2D eigenvalue weighted by atomic mass is 35.5. The third kappa shape index (κ3) is 2.94. The van der Waals surface area contributed by atoms with Crippen LogP contribution in [-0.2, 0) is 6.54 Å². The molecular formula is C18H17ClN2O. The lowest BCUT2D eigenvalue weighted by molar-refractivity contribution is 0.0809. The number of halogens is 1. The molecule has 1 atom stereocenters. The molecule has 3 rings (SSSR count). The van der Waals surface area contributed by atoms with Crippen LogP contribution in [0, 0.1) is 11.3 Å². The Labute approximate surface area is 135 Å². The molecule has 0 spiro atoms. The molecule has 112 valence electrons. The molecule has 0 saturated carbocycles. The second kappa shape index (κ2) is 6.39. The van der Waals surface area contributed by atoms with E-state index in [-0.39, 0.29) is 0 Å². The fourth-order valence-corrected chi connectivity index (χ4v) is 2.98. The first-order valence-corrected chi connectivity index (χ1v) is 7.65. The predicted octanol–water partition coefficient (Wildman–Crippen LogP) is 4.17. The van der Waals surface area contributed by atoms with Gasteiger partial charge in [-0.1, -0.05) is 29.8 Å². The average molecular weight is 313 g/mol. The maximum Gasteiger partial charge on any atom is 0.124 e. The highest BCUT2D eigenvalue weighted by molar-refractivity contribution is 6.30. The first-order valence-electron chi connectivity index (χ1n) is 7.28. The Hall–Kier alpha value is -2.02. The summed E-state index contributed by atoms with van der Waals surface area (Å²) in [5, 5.41) is 9.74. The number of hydrogen-bond acceptors (Lipinski definition) is 3. The average Bonchev–Trinajstić information content (AvgIpc) is 2.53. The number of rotatable bonds is 4. The van der Waals surface area contributed by atoms with Crippen LogP contribution in [-0.4, -0.2) is 18.6 Å². The van der Waals surface area contributed by atoms with E-state index in [1.54, 1.807) is 13.2 Å². The van der Waals surface area contributed by atoms with Gasteiger partial charge in [0.2, 0.25) is 0 Å². The van der Waals surface area contributed by atoms with Gasteiger partial charge in [-0.3, -0.25) is 4.90 Å². The lowest BCUT2D eigenvalue weighted by Gasteiger charge is -2.41. The molecule has 0 amide bonds. The Morgan fingerprint density at radius 3 is 2.64 bits per heavy atom. The number of nitriles is 1. The highest BCUT2D eigenvalue weighted by Crippen LogP contribution is 2.36. The molecule has 1 fully saturated rings. The van der Waals surface area contributed by atoms with Gasteiger partial charge in [0.05, 0.1) is 18.7 Å². The minimum absolute atomic E-state index is 0.428. The lowest BCUT2D eigenvalue weighted by atomic mass is 9.94. The van der Waals surface area contributed by atoms with Crippen LogP contribution in [0.4, 0.5) is 0 Å². The van der Waals surface area contributed by atoms with Gasteiger partial charge in [0, 0.05) is 29.7 Å². The van der Waals surface area contributed by atoms with Crippen LogP contribution in [0.25, 0.3) is 0 Å². The smallest absolute Gasteiger partial charge is 0.124 e. The Balaban J connectivity index is 1.76. The fourth-order valence-electron chi connectivity index (χ4n) is 2.86. The lowest BCUT2D eigenvalue weighted by Crippen LogP contribution is -2.40. The quantitative estimate of drug-likeness (QED) is 0.850. The first-order chi connectivity index (χ1) is 10.7. The Bertz CT molecular complexity index is 706. The zero-order valence-corrected chi connectivity index (χ0v) is 13.2. The van der Waals surface area contributed by atoms with E-state index >= 15 is 0 Å². The summed E-state index contributed by atoms with van der Waals surface area (Å²) >= 11 is 5.96. The molecule has 3 nitrogen and oxygen atoms in total. The molecule has 4 heteroatoms. The van der Waals surface area contributed by atoms with Gasteiger partial charge in [0.1, 0.15) is 5.75 Å². The van der Waals surface area contributed by atoms with Crippen LogP contribution < -0.4 is 4.74 Å². The number of ether oxygens (including phenoxy) is 1. The molecule has 0 radical (unpaired) electrons. The highest BCUT2D eigenvalue weighted by Gasteiger charge is 2.29. The van der Waals surface area contributed by atoms with Crippen molar-refractivity contribution in [2.45, 2.75) is 19.0 Å². The summed E-state index contributed by atoms with van der Waals surface area (Å²) in [4.78, 5) is 2.41. The van der Waals surface area contributed by atoms with Crippen molar-refractivity contribution in [3.8, 4) is 11.8 Å². The van der Waals surface area contributed by atoms with E-state index in [0.717, 1.165) is 35.8 Å². The van der Waals surface area contributed by atoms with Gasteiger partial charge in [-0.2, -0.15) is 5.26 Å². The van der Waals surface area contributed by atoms with Gasteiger partial charge in [-0.05, 0) is 36.2 Å². The van der Waals surface area contributed by atoms with E-state index in [9.17, 15) is 0 Å². The predicted molar refractivity (Wildman–Crippen MR) is 86.9 cm³/mol. The Morgan fingerprint density at radius 2 is 2.05 bits per heavy atom. The standard InChI is InChI=1S/C18H17ClN2O/c1-22-18-10-13(11-20)2-3-15(18)12-21-9-8-17(21)14-4-6-16(19)7-5-14/h2-7,10,17H,8-9,12H2,1H3/t17-/m1/s1. The van der Waals surface area contributed by atoms with Crippen LogP contribution in [0.15, 0.2) is 42.5 Å². The molecule has 0 unspecified atom stereocenters. The van der Waals surface area contributed by atoms with E-state index < -0.39 is 0 Å². The largest absolute Gasteiger partial charge is 0.496 e. The summed E-state index contributed by atoms with van der Waals surface area (Å²) in [5.41, 5.74) is 3.03. The van der Waals surface area contributed by atoms with Crippen molar-refractivity contribution in [1.82, 2.24) is 4.90 Å². The van der Waals surface area contributed by atoms with Crippen molar-refractivity contribution in [3.63, 3.8) is 0 Å². The van der Waals surface area contributed by atoms with Crippen molar-refractivity contribution >= 4 is 11.6 Å². The van der Waals surface area contributed by atoms with Crippen LogP contribution in [0.5, 0.6) is 5.75 Å². The van der Waals surface area contributed by atoms with Gasteiger partial charge in [-0.15, -0.1) is 0 Å². The number of hydrogen-bond donors (Lipinski definition) is 0. The third-order valence-corrected chi connectivity index (χ3v) is 4.43. The summed E-state index contributed by atoms with van der Waals surface area (Å²) < 4.78 is 5.42. The third-order valence-electron chi connectivity index (χ3n) is 4.17. The van der Waals surface area contributed by atoms with Crippen LogP contribution >= 0.6 is 11.6 Å². The van der Waals surface area contributed by atoms with Crippen LogP contribution in [0.1, 0.15) is 29.2 Å². The fraction of sp³-hybridized carbons (Fsp3) is 0.278. The van der Waals surface area contributed by atoms with E-state index in [1.807, 2.05) is 24.3 Å². The zero-order valence-electron chi connectivity index (χ0n) is 12.4. The SMILES string of the molecule is COc1cc(C#N)ccc1CN1CC[C@@H]1c1ccc(Cl)cc1. The summed E-state index contributed by atoms with van der Waals surface area (Å²) in [6.45, 7) is 1.89. The van der Waals surface area contributed by atoms with E-state index in [2.05, 4.69) is 23.1 Å². The molecule has 0 aliphatic carbocycles. The molecule has 2 aromatic carbocycles. The second-order valence-corrected chi connectivity index (χ2v) is 5.90. The Kier molecular flexibility index (Phi) is 4.33. The molecule has 1 saturated heterocycles. The number of benzene rings is 2. The molecule has 1 heterocycles. The molecule has 1 aliphatic heterocycles. The van der Waals surface area contributed by atoms with Gasteiger partial charge < -0.3 is 4.74 Å². The molecule has 0 N–H and O–H groups in total. The van der Waals surface area contributed by atoms with Crippen molar-refractivity contribution in [3.05, 3.63) is 64.2 Å². The maximum atomic E-state index is 8.97. The monoisotopic (exact) mass is 312 g/mol. The van der Waals surface area contributed by atoms with Gasteiger partial charge in [-0.25, -0.2) is 0 Å². The maximum absolute atomic E-state index is 8.97. The Morgan fingerprint density at radius 1 is 1.27 bits per heavy atom. The van der Waals surface area contributed by atoms with Gasteiger partial charge in [0.15, 0.2) is 0 Å². The van der Waals surface area contributed by atoms with Crippen molar-refractivity contribution in [2.24, 2.45) is 0 Å². The molecule has 2 aromatic rings. The molecule has 0 bridgehead atoms. The summed E-state index contributed by atoms with van der Waals surface area (Å²) in [7, 11) is 1.65. The summed E-state index contributed by atoms with van der Waals surface area (Å²) in [6.07, 6.45) is 1.15. The minimum atomic E-state index is 0.428. The van der Waals surface area contributed by atoms with Crippen LogP contribution in [0.2, 0.25) is 5.02 Å². The van der Waals surface area contributed by atoms with E-state index in [1.165, 1.54) is 5.56 Å². The van der Waals surface area contributed by atoms with Crippen molar-refractivity contribution < 1.29 is 4.74 Å². The molecule has 22 heavy (non-hydrogen) atoms. The minimum Gasteiger partial charge on any atom is -0.496 e. The number of likely N-dealkylation sites (tertiary alicyclic amines) is 1.